The summed E-state index contributed by atoms with van der Waals surface area (Å²) < 4.78 is 4.11. The molecule has 0 aliphatic carbocycles. The molecule has 0 aromatic rings. The highest BCUT2D eigenvalue weighted by atomic mass is 32.2. The number of urea groups is 1. The van der Waals surface area contributed by atoms with E-state index in [2.05, 4.69) is 10.1 Å². The average Bonchev–Trinajstić information content (AvgIpc) is 2.74. The van der Waals surface area contributed by atoms with E-state index in [1.165, 1.54) is 18.9 Å². The molecule has 1 unspecified atom stereocenters. The fourth-order valence-corrected chi connectivity index (χ4v) is 2.12. The number of primary amides is 1. The highest BCUT2D eigenvalue weighted by Gasteiger charge is 2.58. The summed E-state index contributed by atoms with van der Waals surface area (Å²) in [5.41, 5.74) is 4.89. The smallest absolute Gasteiger partial charge is 0.322 e. The monoisotopic (exact) mass is 204 g/mol. The van der Waals surface area contributed by atoms with Gasteiger partial charge in [-0.2, -0.15) is 0 Å². The molecule has 1 aliphatic rings. The first-order chi connectivity index (χ1) is 6.00. The number of esters is 1. The lowest BCUT2D eigenvalue weighted by molar-refractivity contribution is -0.142. The summed E-state index contributed by atoms with van der Waals surface area (Å²) in [6, 6.07) is -0.570. The third-order valence-corrected chi connectivity index (χ3v) is 3.61. The Balaban J connectivity index is 2.35. The third-order valence-electron chi connectivity index (χ3n) is 2.00. The zero-order valence-corrected chi connectivity index (χ0v) is 8.31. The summed E-state index contributed by atoms with van der Waals surface area (Å²) in [6.07, 6.45) is 0. The Kier molecular flexibility index (Phi) is 2.70. The first-order valence-corrected chi connectivity index (χ1v) is 4.68. The zero-order valence-electron chi connectivity index (χ0n) is 7.49. The first-order valence-electron chi connectivity index (χ1n) is 3.80. The summed E-state index contributed by atoms with van der Waals surface area (Å²) in [5, 5.41) is 2.53. The van der Waals surface area contributed by atoms with E-state index >= 15 is 0 Å². The lowest BCUT2D eigenvalue weighted by Crippen LogP contribution is -2.36. The van der Waals surface area contributed by atoms with Crippen LogP contribution in [0.5, 0.6) is 0 Å². The van der Waals surface area contributed by atoms with Gasteiger partial charge in [0.1, 0.15) is 4.75 Å². The van der Waals surface area contributed by atoms with Crippen LogP contribution in [0.3, 0.4) is 0 Å². The van der Waals surface area contributed by atoms with Gasteiger partial charge in [0.2, 0.25) is 0 Å². The van der Waals surface area contributed by atoms with Crippen LogP contribution >= 0.6 is 11.8 Å². The van der Waals surface area contributed by atoms with Gasteiger partial charge in [0.15, 0.2) is 0 Å². The summed E-state index contributed by atoms with van der Waals surface area (Å²) in [7, 11) is 1.35. The van der Waals surface area contributed by atoms with Crippen LogP contribution in [0.4, 0.5) is 4.79 Å². The fourth-order valence-electron chi connectivity index (χ4n) is 1.07. The van der Waals surface area contributed by atoms with Gasteiger partial charge in [0.05, 0.1) is 7.11 Å². The number of rotatable bonds is 3. The number of hydrogen-bond acceptors (Lipinski definition) is 4. The molecule has 0 aromatic carbocycles. The van der Waals surface area contributed by atoms with E-state index in [1.54, 1.807) is 6.92 Å². The maximum absolute atomic E-state index is 11.2. The Morgan fingerprint density at radius 2 is 2.31 bits per heavy atom. The molecule has 0 saturated carbocycles. The van der Waals surface area contributed by atoms with Gasteiger partial charge in [-0.15, -0.1) is 11.8 Å². The van der Waals surface area contributed by atoms with Crippen LogP contribution in [-0.2, 0) is 9.53 Å². The molecule has 6 heteroatoms. The van der Waals surface area contributed by atoms with Gasteiger partial charge in [-0.25, -0.2) is 4.79 Å². The van der Waals surface area contributed by atoms with Crippen LogP contribution in [0.25, 0.3) is 0 Å². The number of methoxy groups -OCH3 is 1. The zero-order chi connectivity index (χ0) is 10.1. The largest absolute Gasteiger partial charge is 0.468 e. The van der Waals surface area contributed by atoms with Gasteiger partial charge in [-0.05, 0) is 6.92 Å². The van der Waals surface area contributed by atoms with Crippen molar-refractivity contribution in [3.05, 3.63) is 0 Å². The topological polar surface area (TPSA) is 81.4 Å². The standard InChI is InChI=1S/C7H12N2O3S/c1-7(5(10)12-2)4(13-7)3-9-6(8)11/h4H,3H2,1-2H3,(H3,8,9,11)/t4?,7-/m0/s1. The SMILES string of the molecule is COC(=O)[C@@]1(C)SC1CNC(N)=O. The van der Waals surface area contributed by atoms with Gasteiger partial charge < -0.3 is 15.8 Å². The van der Waals surface area contributed by atoms with Crippen molar-refractivity contribution >= 4 is 23.8 Å². The average molecular weight is 204 g/mol. The maximum Gasteiger partial charge on any atom is 0.322 e. The van der Waals surface area contributed by atoms with E-state index in [1.807, 2.05) is 0 Å². The minimum Gasteiger partial charge on any atom is -0.468 e. The van der Waals surface area contributed by atoms with E-state index < -0.39 is 10.8 Å². The molecule has 3 N–H and O–H groups in total. The first kappa shape index (κ1) is 10.2. The second kappa shape index (κ2) is 3.45. The minimum atomic E-state index is -0.570. The number of hydrogen-bond donors (Lipinski definition) is 2. The summed E-state index contributed by atoms with van der Waals surface area (Å²) in [6.45, 7) is 2.20. The van der Waals surface area contributed by atoms with E-state index in [0.29, 0.717) is 6.54 Å². The minimum absolute atomic E-state index is 0.0763. The lowest BCUT2D eigenvalue weighted by atomic mass is 10.1. The van der Waals surface area contributed by atoms with Gasteiger partial charge in [0, 0.05) is 11.8 Å². The second-order valence-corrected chi connectivity index (χ2v) is 4.60. The Hall–Kier alpha value is -0.910. The predicted octanol–water partition coefficient (Wildman–Crippen LogP) is -0.298. The van der Waals surface area contributed by atoms with Crippen LogP contribution in [-0.4, -0.2) is 35.7 Å². The second-order valence-electron chi connectivity index (χ2n) is 2.95. The predicted molar refractivity (Wildman–Crippen MR) is 49.4 cm³/mol. The van der Waals surface area contributed by atoms with E-state index in [4.69, 9.17) is 5.73 Å². The maximum atomic E-state index is 11.2. The van der Waals surface area contributed by atoms with Crippen molar-refractivity contribution in [3.63, 3.8) is 0 Å². The molecule has 0 spiro atoms. The Morgan fingerprint density at radius 3 is 2.77 bits per heavy atom. The van der Waals surface area contributed by atoms with E-state index in [0.717, 1.165) is 0 Å². The molecule has 2 atom stereocenters. The van der Waals surface area contributed by atoms with Gasteiger partial charge in [0.25, 0.3) is 0 Å². The van der Waals surface area contributed by atoms with Crippen LogP contribution in [0, 0.1) is 0 Å². The lowest BCUT2D eigenvalue weighted by Gasteiger charge is -2.05. The van der Waals surface area contributed by atoms with Gasteiger partial charge in [-0.1, -0.05) is 0 Å². The van der Waals surface area contributed by atoms with Crippen molar-refractivity contribution in [3.8, 4) is 0 Å². The van der Waals surface area contributed by atoms with Gasteiger partial charge in [-0.3, -0.25) is 4.79 Å². The Morgan fingerprint density at radius 1 is 1.69 bits per heavy atom. The normalized spacial score (nSPS) is 30.8. The van der Waals surface area contributed by atoms with Crippen molar-refractivity contribution in [1.82, 2.24) is 5.32 Å². The Labute approximate surface area is 80.4 Å². The van der Waals surface area contributed by atoms with Gasteiger partial charge >= 0.3 is 12.0 Å². The highest BCUT2D eigenvalue weighted by Crippen LogP contribution is 2.53. The number of ether oxygens (including phenoxy) is 1. The van der Waals surface area contributed by atoms with Crippen LogP contribution in [0.15, 0.2) is 0 Å². The fraction of sp³-hybridized carbons (Fsp3) is 0.714. The number of nitrogens with one attached hydrogen (secondary N) is 1. The summed E-state index contributed by atoms with van der Waals surface area (Å²) >= 11 is 1.47. The number of thioether (sulfide) groups is 1. The molecule has 74 valence electrons. The number of carbonyl (C=O) groups excluding carboxylic acids is 2. The number of nitrogens with two attached hydrogens (primary N) is 1. The highest BCUT2D eigenvalue weighted by molar-refractivity contribution is 8.09. The molecule has 0 aromatic heterocycles. The molecule has 1 rings (SSSR count). The molecule has 0 bridgehead atoms. The number of carbonyl (C=O) groups is 2. The van der Waals surface area contributed by atoms with E-state index in [-0.39, 0.29) is 11.2 Å². The van der Waals surface area contributed by atoms with Crippen molar-refractivity contribution in [2.45, 2.75) is 16.9 Å². The number of amides is 2. The van der Waals surface area contributed by atoms with Crippen molar-refractivity contribution < 1.29 is 14.3 Å². The molecule has 1 aliphatic heterocycles. The quantitative estimate of drug-likeness (QED) is 0.488. The molecule has 1 fully saturated rings. The summed E-state index contributed by atoms with van der Waals surface area (Å²) in [4.78, 5) is 21.5. The Bertz CT molecular complexity index is 246. The van der Waals surface area contributed by atoms with Crippen molar-refractivity contribution in [2.75, 3.05) is 13.7 Å². The van der Waals surface area contributed by atoms with E-state index in [9.17, 15) is 9.59 Å². The van der Waals surface area contributed by atoms with Crippen LogP contribution < -0.4 is 11.1 Å². The van der Waals surface area contributed by atoms with Crippen molar-refractivity contribution in [2.24, 2.45) is 5.73 Å². The third kappa shape index (κ3) is 2.06. The van der Waals surface area contributed by atoms with Crippen LogP contribution in [0.1, 0.15) is 6.92 Å². The van der Waals surface area contributed by atoms with Crippen molar-refractivity contribution in [1.29, 1.82) is 0 Å². The molecular formula is C7H12N2O3S. The molecule has 0 radical (unpaired) electrons. The molecule has 2 amide bonds. The molecule has 1 saturated heterocycles. The summed E-state index contributed by atoms with van der Waals surface area (Å²) in [5.74, 6) is -0.256. The molecule has 13 heavy (non-hydrogen) atoms. The molecule has 5 nitrogen and oxygen atoms in total. The molecule has 1 heterocycles. The van der Waals surface area contributed by atoms with Crippen LogP contribution in [0.2, 0.25) is 0 Å². The molecular weight excluding hydrogens is 192 g/mol.